The summed E-state index contributed by atoms with van der Waals surface area (Å²) in [6.45, 7) is 1.79. The fraction of sp³-hybridized carbons (Fsp3) is 0.553. The highest BCUT2D eigenvalue weighted by atomic mass is 32.2. The van der Waals surface area contributed by atoms with Gasteiger partial charge in [-0.3, -0.25) is 23.9 Å². The van der Waals surface area contributed by atoms with Gasteiger partial charge in [0.1, 0.15) is 41.0 Å². The molecule has 1 aromatic carbocycles. The molecule has 4 amide bonds. The number of sulfonamides is 1. The van der Waals surface area contributed by atoms with Gasteiger partial charge < -0.3 is 24.8 Å². The first-order chi connectivity index (χ1) is 26.4. The van der Waals surface area contributed by atoms with Crippen LogP contribution in [0.4, 0.5) is 4.39 Å². The summed E-state index contributed by atoms with van der Waals surface area (Å²) in [5.74, 6) is -2.55. The van der Waals surface area contributed by atoms with Crippen LogP contribution in [0.2, 0.25) is 0 Å². The van der Waals surface area contributed by atoms with Gasteiger partial charge in [-0.25, -0.2) is 22.8 Å². The zero-order valence-electron chi connectivity index (χ0n) is 30.5. The maximum atomic E-state index is 14.6. The number of aromatic nitrogens is 3. The number of hydrogen-bond donors (Lipinski definition) is 3. The molecular formula is C38H44FN7O8S. The maximum Gasteiger partial charge on any atom is 0.274 e. The number of carbonyl (C=O) groups excluding carboxylic acids is 4. The molecule has 5 atom stereocenters. The Kier molecular flexibility index (Phi) is 9.84. The van der Waals surface area contributed by atoms with Crippen molar-refractivity contribution in [1.82, 2.24) is 35.4 Å². The highest BCUT2D eigenvalue weighted by molar-refractivity contribution is 7.91. The van der Waals surface area contributed by atoms with E-state index in [2.05, 4.69) is 30.5 Å². The lowest BCUT2D eigenvalue weighted by atomic mass is 10.0. The van der Waals surface area contributed by atoms with Crippen LogP contribution in [0.15, 0.2) is 40.9 Å². The largest absolute Gasteiger partial charge is 0.471 e. The molecule has 5 aliphatic rings. The van der Waals surface area contributed by atoms with E-state index in [-0.39, 0.29) is 48.8 Å². The topological polar surface area (TPSA) is 203 Å². The van der Waals surface area contributed by atoms with Crippen molar-refractivity contribution < 1.29 is 41.2 Å². The van der Waals surface area contributed by atoms with E-state index in [1.165, 1.54) is 23.1 Å². The molecule has 8 rings (SSSR count). The minimum absolute atomic E-state index is 0.0170. The van der Waals surface area contributed by atoms with Crippen molar-refractivity contribution in [2.24, 2.45) is 5.92 Å². The lowest BCUT2D eigenvalue weighted by molar-refractivity contribution is -0.141. The van der Waals surface area contributed by atoms with Crippen molar-refractivity contribution in [1.29, 1.82) is 0 Å². The van der Waals surface area contributed by atoms with Crippen LogP contribution < -0.4 is 20.1 Å². The van der Waals surface area contributed by atoms with Crippen molar-refractivity contribution in [2.75, 3.05) is 6.54 Å². The molecule has 2 aromatic heterocycles. The fourth-order valence-electron chi connectivity index (χ4n) is 7.57. The zero-order valence-corrected chi connectivity index (χ0v) is 31.3. The molecule has 3 N–H and O–H groups in total. The molecule has 0 spiro atoms. The van der Waals surface area contributed by atoms with Gasteiger partial charge >= 0.3 is 0 Å². The second-order valence-electron chi connectivity index (χ2n) is 15.4. The average Bonchev–Trinajstić information content (AvgIpc) is 4.11. The zero-order chi connectivity index (χ0) is 38.5. The number of amides is 4. The molecule has 2 aliphatic heterocycles. The third-order valence-corrected chi connectivity index (χ3v) is 13.0. The number of carbonyl (C=O) groups is 4. The van der Waals surface area contributed by atoms with E-state index in [1.807, 2.05) is 19.1 Å². The van der Waals surface area contributed by atoms with Crippen molar-refractivity contribution in [2.45, 2.75) is 119 Å². The quantitative estimate of drug-likeness (QED) is 0.269. The first kappa shape index (κ1) is 37.0. The second-order valence-corrected chi connectivity index (χ2v) is 17.3. The number of fused-ring (bicyclic) bond motifs is 3. The van der Waals surface area contributed by atoms with Gasteiger partial charge in [0.25, 0.3) is 11.8 Å². The molecule has 55 heavy (non-hydrogen) atoms. The number of nitrogens with one attached hydrogen (secondary N) is 3. The molecule has 15 nitrogen and oxygen atoms in total. The second kappa shape index (κ2) is 14.6. The van der Waals surface area contributed by atoms with Gasteiger partial charge in [0, 0.05) is 30.4 Å². The molecule has 0 unspecified atom stereocenters. The summed E-state index contributed by atoms with van der Waals surface area (Å²) in [5, 5.41) is 8.99. The Labute approximate surface area is 317 Å². The van der Waals surface area contributed by atoms with E-state index >= 15 is 0 Å². The minimum atomic E-state index is -3.91. The third-order valence-electron chi connectivity index (χ3n) is 11.2. The number of aryl methyl sites for hydroxylation is 1. The van der Waals surface area contributed by atoms with Gasteiger partial charge in [0.05, 0.1) is 22.8 Å². The van der Waals surface area contributed by atoms with E-state index < -0.39 is 74.4 Å². The van der Waals surface area contributed by atoms with Crippen LogP contribution in [0.25, 0.3) is 11.0 Å². The summed E-state index contributed by atoms with van der Waals surface area (Å²) in [5.41, 5.74) is -0.222. The molecule has 1 saturated heterocycles. The molecule has 4 heterocycles. The summed E-state index contributed by atoms with van der Waals surface area (Å²) >= 11 is 0. The SMILES string of the molecule is CCc1nc2ccc(F)cc2nc1O[C@@H]1C[C@H]2C(=O)N[C@]3(C(=O)NS(=O)(=O)C4CC4)C[C@H]3/C=C\CCCCC[C@H](NC(=O)c3cc(C4CC4)on3)C(=O)N2C1. The average molecular weight is 778 g/mol. The maximum absolute atomic E-state index is 14.6. The van der Waals surface area contributed by atoms with Gasteiger partial charge in [0.15, 0.2) is 5.69 Å². The lowest BCUT2D eigenvalue weighted by Crippen LogP contribution is -2.58. The fourth-order valence-corrected chi connectivity index (χ4v) is 8.93. The Bertz CT molecular complexity index is 2170. The number of benzene rings is 1. The number of halogens is 1. The Morgan fingerprint density at radius 2 is 1.89 bits per heavy atom. The molecule has 4 fully saturated rings. The standard InChI is InChI=1S/C38H44FN7O8S/c1-2-26-35(42-29-16-23(39)12-15-27(29)40-26)53-24-17-31-34(48)43-38(37(50)45-55(51,52)25-13-14-25)19-22(38)8-6-4-3-5-7-9-28(36(49)46(31)20-24)41-33(47)30-18-32(54-44-30)21-10-11-21/h6,8,12,15-16,18,21-22,24-25,28,31H,2-5,7,9-11,13-14,17,19-20H2,1H3,(H,41,47)(H,43,48)(H,45,50)/b8-6-/t22-,24-,28+,31+,38-/m1/s1. The molecular weight excluding hydrogens is 734 g/mol. The van der Waals surface area contributed by atoms with E-state index in [0.717, 1.165) is 25.7 Å². The van der Waals surface area contributed by atoms with Gasteiger partial charge in [-0.2, -0.15) is 0 Å². The normalized spacial score (nSPS) is 27.9. The van der Waals surface area contributed by atoms with Crippen LogP contribution in [0.1, 0.15) is 105 Å². The van der Waals surface area contributed by atoms with Gasteiger partial charge in [-0.05, 0) is 69.9 Å². The van der Waals surface area contributed by atoms with Crippen LogP contribution in [0, 0.1) is 11.7 Å². The summed E-state index contributed by atoms with van der Waals surface area (Å²) in [6, 6.07) is 3.46. The van der Waals surface area contributed by atoms with Crippen LogP contribution >= 0.6 is 0 Å². The Morgan fingerprint density at radius 3 is 2.65 bits per heavy atom. The summed E-state index contributed by atoms with van der Waals surface area (Å²) < 4.78 is 53.8. The predicted octanol–water partition coefficient (Wildman–Crippen LogP) is 3.35. The van der Waals surface area contributed by atoms with Crippen LogP contribution in [0.5, 0.6) is 5.88 Å². The molecule has 292 valence electrons. The number of hydrogen-bond acceptors (Lipinski definition) is 11. The summed E-state index contributed by atoms with van der Waals surface area (Å²) in [4.78, 5) is 66.7. The number of nitrogens with zero attached hydrogens (tertiary/aromatic N) is 4. The minimum Gasteiger partial charge on any atom is -0.471 e. The van der Waals surface area contributed by atoms with Gasteiger partial charge in [-0.1, -0.05) is 37.1 Å². The molecule has 0 radical (unpaired) electrons. The summed E-state index contributed by atoms with van der Waals surface area (Å²) in [6.07, 6.45) is 9.48. The number of allylic oxidation sites excluding steroid dienone is 1. The smallest absolute Gasteiger partial charge is 0.274 e. The van der Waals surface area contributed by atoms with Crippen LogP contribution in [-0.4, -0.2) is 87.6 Å². The van der Waals surface area contributed by atoms with E-state index in [9.17, 15) is 32.0 Å². The Morgan fingerprint density at radius 1 is 1.07 bits per heavy atom. The highest BCUT2D eigenvalue weighted by Crippen LogP contribution is 2.46. The lowest BCUT2D eigenvalue weighted by Gasteiger charge is -2.29. The Balaban J connectivity index is 1.10. The van der Waals surface area contributed by atoms with E-state index in [1.54, 1.807) is 6.07 Å². The number of rotatable bonds is 9. The van der Waals surface area contributed by atoms with Crippen molar-refractivity contribution in [3.63, 3.8) is 0 Å². The molecule has 3 saturated carbocycles. The third kappa shape index (κ3) is 7.80. The van der Waals surface area contributed by atoms with Crippen molar-refractivity contribution in [3.05, 3.63) is 59.4 Å². The van der Waals surface area contributed by atoms with Crippen molar-refractivity contribution in [3.8, 4) is 5.88 Å². The van der Waals surface area contributed by atoms with Gasteiger partial charge in [0.2, 0.25) is 27.7 Å². The van der Waals surface area contributed by atoms with Crippen LogP contribution in [-0.2, 0) is 30.8 Å². The molecule has 3 aliphatic carbocycles. The first-order valence-electron chi connectivity index (χ1n) is 19.2. The molecule has 3 aromatic rings. The first-order valence-corrected chi connectivity index (χ1v) is 20.7. The predicted molar refractivity (Wildman–Crippen MR) is 194 cm³/mol. The summed E-state index contributed by atoms with van der Waals surface area (Å²) in [7, 11) is -3.91. The number of ether oxygens (including phenoxy) is 1. The van der Waals surface area contributed by atoms with Crippen LogP contribution in [0.3, 0.4) is 0 Å². The van der Waals surface area contributed by atoms with Crippen molar-refractivity contribution >= 4 is 44.7 Å². The molecule has 0 bridgehead atoms. The Hall–Kier alpha value is -4.93. The van der Waals surface area contributed by atoms with E-state index in [4.69, 9.17) is 9.26 Å². The highest BCUT2D eigenvalue weighted by Gasteiger charge is 2.62. The molecule has 17 heteroatoms. The van der Waals surface area contributed by atoms with Gasteiger partial charge in [-0.15, -0.1) is 0 Å². The van der Waals surface area contributed by atoms with E-state index in [0.29, 0.717) is 49.1 Å². The monoisotopic (exact) mass is 777 g/mol.